The summed E-state index contributed by atoms with van der Waals surface area (Å²) in [5.74, 6) is 0. The summed E-state index contributed by atoms with van der Waals surface area (Å²) in [6.07, 6.45) is -0.870. The molecule has 1 aliphatic rings. The first kappa shape index (κ1) is 20.2. The van der Waals surface area contributed by atoms with Crippen molar-refractivity contribution in [2.45, 2.75) is 38.6 Å². The van der Waals surface area contributed by atoms with Crippen LogP contribution in [0.1, 0.15) is 20.8 Å². The fourth-order valence-corrected chi connectivity index (χ4v) is 3.37. The van der Waals surface area contributed by atoms with Crippen molar-refractivity contribution in [2.24, 2.45) is 0 Å². The van der Waals surface area contributed by atoms with Crippen molar-refractivity contribution in [1.29, 1.82) is 0 Å². The van der Waals surface area contributed by atoms with Gasteiger partial charge in [0.2, 0.25) is 0 Å². The first-order chi connectivity index (χ1) is 13.0. The number of carbonyl (C=O) groups excluding carboxylic acids is 1. The molecule has 0 aliphatic carbocycles. The van der Waals surface area contributed by atoms with Gasteiger partial charge >= 0.3 is 11.8 Å². The minimum absolute atomic E-state index is 0.0328. The van der Waals surface area contributed by atoms with Crippen molar-refractivity contribution < 1.29 is 18.8 Å². The number of ether oxygens (including phenoxy) is 1. The lowest BCUT2D eigenvalue weighted by atomic mass is 10.1. The minimum Gasteiger partial charge on any atom is -0.444 e. The quantitative estimate of drug-likeness (QED) is 0.548. The molecular weight excluding hydrogens is 435 g/mol. The Hall–Kier alpha value is -2.49. The summed E-state index contributed by atoms with van der Waals surface area (Å²) in [5, 5.41) is 14.9. The molecule has 10 heteroatoms. The first-order valence-corrected chi connectivity index (χ1v) is 9.45. The summed E-state index contributed by atoms with van der Waals surface area (Å²) in [7, 11) is 0. The second kappa shape index (κ2) is 7.50. The number of alkyl halides is 1. The highest BCUT2D eigenvalue weighted by atomic mass is 79.9. The molecule has 8 nitrogen and oxygen atoms in total. The van der Waals surface area contributed by atoms with Crippen molar-refractivity contribution in [1.82, 2.24) is 9.88 Å². The average Bonchev–Trinajstić information content (AvgIpc) is 2.94. The van der Waals surface area contributed by atoms with Gasteiger partial charge in [-0.2, -0.15) is 0 Å². The van der Waals surface area contributed by atoms with Crippen molar-refractivity contribution in [3.8, 4) is 0 Å². The maximum atomic E-state index is 14.6. The Morgan fingerprint density at radius 1 is 1.43 bits per heavy atom. The van der Waals surface area contributed by atoms with Crippen LogP contribution in [-0.2, 0) is 4.74 Å². The predicted octanol–water partition coefficient (Wildman–Crippen LogP) is 4.27. The Balaban J connectivity index is 1.90. The number of carbonyl (C=O) groups is 1. The van der Waals surface area contributed by atoms with Crippen molar-refractivity contribution in [3.05, 3.63) is 39.0 Å². The number of benzene rings is 1. The molecule has 1 saturated heterocycles. The maximum absolute atomic E-state index is 14.6. The van der Waals surface area contributed by atoms with E-state index in [0.29, 0.717) is 15.4 Å². The number of anilines is 1. The molecule has 2 atom stereocenters. The molecule has 0 unspecified atom stereocenters. The van der Waals surface area contributed by atoms with Crippen molar-refractivity contribution in [3.63, 3.8) is 0 Å². The Labute approximate surface area is 169 Å². The number of likely N-dealkylation sites (tertiary alicyclic amines) is 1. The van der Waals surface area contributed by atoms with E-state index in [2.05, 4.69) is 26.2 Å². The monoisotopic (exact) mass is 454 g/mol. The zero-order valence-electron chi connectivity index (χ0n) is 15.6. The molecule has 1 amide bonds. The van der Waals surface area contributed by atoms with Gasteiger partial charge in [0.25, 0.3) is 0 Å². The summed E-state index contributed by atoms with van der Waals surface area (Å²) in [6, 6.07) is 4.35. The number of fused-ring (bicyclic) bond motifs is 1. The van der Waals surface area contributed by atoms with E-state index >= 15 is 0 Å². The van der Waals surface area contributed by atoms with Crippen LogP contribution in [0, 0.1) is 10.1 Å². The Kier molecular flexibility index (Phi) is 5.42. The highest BCUT2D eigenvalue weighted by molar-refractivity contribution is 9.10. The van der Waals surface area contributed by atoms with Crippen LogP contribution in [0.4, 0.5) is 20.6 Å². The SMILES string of the molecule is CC(C)(C)OC(=O)N1C[C@@H](F)[C@H](Nc2c([N+](=O)[O-])cnc3ccc(Br)cc23)C1. The summed E-state index contributed by atoms with van der Waals surface area (Å²) in [5.41, 5.74) is -0.238. The third-order valence-corrected chi connectivity index (χ3v) is 4.73. The second-order valence-electron chi connectivity index (χ2n) is 7.59. The van der Waals surface area contributed by atoms with E-state index in [1.54, 1.807) is 39.0 Å². The lowest BCUT2D eigenvalue weighted by molar-refractivity contribution is -0.384. The largest absolute Gasteiger partial charge is 0.444 e. The Morgan fingerprint density at radius 3 is 2.79 bits per heavy atom. The Bertz CT molecular complexity index is 934. The third kappa shape index (κ3) is 4.32. The number of halogens is 2. The molecule has 1 aliphatic heterocycles. The van der Waals surface area contributed by atoms with E-state index in [0.717, 1.165) is 6.20 Å². The van der Waals surface area contributed by atoms with Crippen LogP contribution in [0.15, 0.2) is 28.9 Å². The molecule has 1 N–H and O–H groups in total. The standard InChI is InChI=1S/C18H20BrFN4O4/c1-18(2,3)28-17(25)23-8-12(20)14(9-23)22-16-11-6-10(19)4-5-13(11)21-7-15(16)24(26)27/h4-7,12,14H,8-9H2,1-3H3,(H,21,22)/t12-,14-/m1/s1. The lowest BCUT2D eigenvalue weighted by Crippen LogP contribution is -2.36. The Morgan fingerprint density at radius 2 is 2.14 bits per heavy atom. The number of rotatable bonds is 3. The minimum atomic E-state index is -1.40. The van der Waals surface area contributed by atoms with E-state index in [-0.39, 0.29) is 24.5 Å². The van der Waals surface area contributed by atoms with Crippen LogP contribution in [0.3, 0.4) is 0 Å². The van der Waals surface area contributed by atoms with Gasteiger partial charge in [0.05, 0.1) is 23.0 Å². The van der Waals surface area contributed by atoms with Crippen LogP contribution >= 0.6 is 15.9 Å². The summed E-state index contributed by atoms with van der Waals surface area (Å²) < 4.78 is 20.6. The second-order valence-corrected chi connectivity index (χ2v) is 8.50. The fraction of sp³-hybridized carbons (Fsp3) is 0.444. The van der Waals surface area contributed by atoms with Gasteiger partial charge in [0, 0.05) is 16.4 Å². The van der Waals surface area contributed by atoms with Gasteiger partial charge in [-0.05, 0) is 39.0 Å². The van der Waals surface area contributed by atoms with E-state index in [1.165, 1.54) is 4.90 Å². The molecule has 28 heavy (non-hydrogen) atoms. The number of nitrogens with one attached hydrogen (secondary N) is 1. The molecule has 1 aromatic carbocycles. The predicted molar refractivity (Wildman–Crippen MR) is 106 cm³/mol. The number of aromatic nitrogens is 1. The number of pyridine rings is 1. The van der Waals surface area contributed by atoms with Crippen LogP contribution in [0.5, 0.6) is 0 Å². The fourth-order valence-electron chi connectivity index (χ4n) is 3.01. The van der Waals surface area contributed by atoms with Gasteiger partial charge in [0.1, 0.15) is 23.7 Å². The average molecular weight is 455 g/mol. The van der Waals surface area contributed by atoms with E-state index in [9.17, 15) is 19.3 Å². The van der Waals surface area contributed by atoms with Crippen LogP contribution in [0.2, 0.25) is 0 Å². The van der Waals surface area contributed by atoms with Crippen molar-refractivity contribution >= 4 is 44.3 Å². The molecule has 0 saturated carbocycles. The molecule has 1 aromatic heterocycles. The third-order valence-electron chi connectivity index (χ3n) is 4.24. The van der Waals surface area contributed by atoms with Crippen LogP contribution < -0.4 is 5.32 Å². The van der Waals surface area contributed by atoms with Gasteiger partial charge < -0.3 is 15.0 Å². The number of amides is 1. The normalized spacial score (nSPS) is 19.7. The van der Waals surface area contributed by atoms with Gasteiger partial charge in [-0.25, -0.2) is 14.2 Å². The summed E-state index contributed by atoms with van der Waals surface area (Å²) in [4.78, 5) is 28.5. The molecule has 0 spiro atoms. The lowest BCUT2D eigenvalue weighted by Gasteiger charge is -2.24. The van der Waals surface area contributed by atoms with Gasteiger partial charge in [-0.15, -0.1) is 0 Å². The number of hydrogen-bond donors (Lipinski definition) is 1. The first-order valence-electron chi connectivity index (χ1n) is 8.66. The van der Waals surface area contributed by atoms with Crippen molar-refractivity contribution in [2.75, 3.05) is 18.4 Å². The smallest absolute Gasteiger partial charge is 0.410 e. The summed E-state index contributed by atoms with van der Waals surface area (Å²) >= 11 is 3.34. The molecule has 2 heterocycles. The molecular formula is C18H20BrFN4O4. The summed E-state index contributed by atoms with van der Waals surface area (Å²) in [6.45, 7) is 5.08. The molecule has 2 aromatic rings. The van der Waals surface area contributed by atoms with Crippen LogP contribution in [0.25, 0.3) is 10.9 Å². The van der Waals surface area contributed by atoms with Crippen LogP contribution in [-0.4, -0.2) is 51.8 Å². The van der Waals surface area contributed by atoms with Gasteiger partial charge in [0.15, 0.2) is 0 Å². The number of nitrogens with zero attached hydrogens (tertiary/aromatic N) is 3. The molecule has 150 valence electrons. The highest BCUT2D eigenvalue weighted by Crippen LogP contribution is 2.35. The van der Waals surface area contributed by atoms with Gasteiger partial charge in [-0.3, -0.25) is 10.1 Å². The maximum Gasteiger partial charge on any atom is 0.410 e. The zero-order valence-corrected chi connectivity index (χ0v) is 17.2. The zero-order chi connectivity index (χ0) is 20.6. The molecule has 0 radical (unpaired) electrons. The molecule has 3 rings (SSSR count). The topological polar surface area (TPSA) is 97.6 Å². The number of nitro groups is 1. The number of hydrogen-bond acceptors (Lipinski definition) is 6. The highest BCUT2D eigenvalue weighted by Gasteiger charge is 2.38. The van der Waals surface area contributed by atoms with Gasteiger partial charge in [-0.1, -0.05) is 15.9 Å². The van der Waals surface area contributed by atoms with E-state index in [4.69, 9.17) is 4.74 Å². The molecule has 1 fully saturated rings. The van der Waals surface area contributed by atoms with E-state index in [1.807, 2.05) is 0 Å². The molecule has 0 bridgehead atoms. The van der Waals surface area contributed by atoms with E-state index < -0.39 is 28.8 Å².